The highest BCUT2D eigenvalue weighted by molar-refractivity contribution is 5.93. The molecule has 0 saturated carbocycles. The zero-order valence-electron chi connectivity index (χ0n) is 13.9. The van der Waals surface area contributed by atoms with Crippen molar-refractivity contribution in [2.75, 3.05) is 44.6 Å². The van der Waals surface area contributed by atoms with Crippen molar-refractivity contribution in [3.63, 3.8) is 0 Å². The standard InChI is InChI=1S/C16H25N5O2.ClH/c1-13(19-16(23)20-14-5-3-2-4-6-14)15(22)18-9-12-21-10-7-17-8-11-21;/h2-6,13,17H,7-12H2,1H3,(H,18,22)(H2,19,20,23);1H. The smallest absolute Gasteiger partial charge is 0.319 e. The van der Waals surface area contributed by atoms with Crippen LogP contribution in [0.2, 0.25) is 0 Å². The lowest BCUT2D eigenvalue weighted by molar-refractivity contribution is -0.122. The molecule has 0 aromatic heterocycles. The van der Waals surface area contributed by atoms with Gasteiger partial charge in [-0.1, -0.05) is 18.2 Å². The van der Waals surface area contributed by atoms with E-state index in [0.29, 0.717) is 12.2 Å². The number of amides is 3. The topological polar surface area (TPSA) is 85.5 Å². The normalized spacial score (nSPS) is 15.7. The number of nitrogens with zero attached hydrogens (tertiary/aromatic N) is 1. The molecular weight excluding hydrogens is 330 g/mol. The molecule has 8 heteroatoms. The second-order valence-corrected chi connectivity index (χ2v) is 5.57. The Morgan fingerprint density at radius 1 is 1.21 bits per heavy atom. The van der Waals surface area contributed by atoms with E-state index in [-0.39, 0.29) is 24.3 Å². The maximum absolute atomic E-state index is 12.0. The summed E-state index contributed by atoms with van der Waals surface area (Å²) in [5.41, 5.74) is 0.691. The largest absolute Gasteiger partial charge is 0.353 e. The number of piperazine rings is 1. The monoisotopic (exact) mass is 355 g/mol. The number of benzene rings is 1. The van der Waals surface area contributed by atoms with Crippen molar-refractivity contribution in [3.05, 3.63) is 30.3 Å². The Balaban J connectivity index is 0.00000288. The minimum atomic E-state index is -0.582. The molecule has 0 bridgehead atoms. The second-order valence-electron chi connectivity index (χ2n) is 5.57. The van der Waals surface area contributed by atoms with Crippen LogP contribution in [0.3, 0.4) is 0 Å². The lowest BCUT2D eigenvalue weighted by Gasteiger charge is -2.27. The number of anilines is 1. The summed E-state index contributed by atoms with van der Waals surface area (Å²) in [5.74, 6) is -0.177. The van der Waals surface area contributed by atoms with Gasteiger partial charge in [-0.3, -0.25) is 9.69 Å². The summed E-state index contributed by atoms with van der Waals surface area (Å²) in [6, 6.07) is 8.15. The van der Waals surface area contributed by atoms with E-state index >= 15 is 0 Å². The van der Waals surface area contributed by atoms with Crippen LogP contribution < -0.4 is 21.3 Å². The Bertz CT molecular complexity index is 508. The summed E-state index contributed by atoms with van der Waals surface area (Å²) in [5, 5.41) is 11.5. The summed E-state index contributed by atoms with van der Waals surface area (Å²) >= 11 is 0. The SMILES string of the molecule is CC(NC(=O)Nc1ccccc1)C(=O)NCCN1CCNCC1.Cl. The zero-order chi connectivity index (χ0) is 16.5. The number of hydrogen-bond acceptors (Lipinski definition) is 4. The van der Waals surface area contributed by atoms with Gasteiger partial charge >= 0.3 is 6.03 Å². The van der Waals surface area contributed by atoms with Gasteiger partial charge in [0.2, 0.25) is 5.91 Å². The molecule has 1 heterocycles. The van der Waals surface area contributed by atoms with Crippen LogP contribution in [0.4, 0.5) is 10.5 Å². The van der Waals surface area contributed by atoms with Gasteiger partial charge in [0.15, 0.2) is 0 Å². The van der Waals surface area contributed by atoms with Crippen LogP contribution in [0.15, 0.2) is 30.3 Å². The van der Waals surface area contributed by atoms with Gasteiger partial charge in [-0.05, 0) is 19.1 Å². The predicted octanol–water partition coefficient (Wildman–Crippen LogP) is 0.640. The molecule has 0 aliphatic carbocycles. The van der Waals surface area contributed by atoms with Gasteiger partial charge in [0.25, 0.3) is 0 Å². The zero-order valence-corrected chi connectivity index (χ0v) is 14.7. The van der Waals surface area contributed by atoms with Crippen molar-refractivity contribution in [1.29, 1.82) is 0 Å². The highest BCUT2D eigenvalue weighted by Gasteiger charge is 2.16. The predicted molar refractivity (Wildman–Crippen MR) is 97.6 cm³/mol. The van der Waals surface area contributed by atoms with Crippen molar-refractivity contribution >= 4 is 30.0 Å². The number of carbonyl (C=O) groups excluding carboxylic acids is 2. The Morgan fingerprint density at radius 3 is 2.54 bits per heavy atom. The molecule has 134 valence electrons. The van der Waals surface area contributed by atoms with Crippen LogP contribution >= 0.6 is 12.4 Å². The summed E-state index contributed by atoms with van der Waals surface area (Å²) in [6.45, 7) is 7.08. The molecule has 2 rings (SSSR count). The molecule has 1 aromatic rings. The first-order chi connectivity index (χ1) is 11.1. The van der Waals surface area contributed by atoms with Gasteiger partial charge in [-0.15, -0.1) is 12.4 Å². The molecule has 1 atom stereocenters. The molecule has 0 spiro atoms. The van der Waals surface area contributed by atoms with E-state index < -0.39 is 6.04 Å². The molecule has 7 nitrogen and oxygen atoms in total. The molecule has 4 N–H and O–H groups in total. The van der Waals surface area contributed by atoms with Crippen LogP contribution in [0.5, 0.6) is 0 Å². The maximum atomic E-state index is 12.0. The Morgan fingerprint density at radius 2 is 1.88 bits per heavy atom. The van der Waals surface area contributed by atoms with Crippen molar-refractivity contribution in [2.45, 2.75) is 13.0 Å². The van der Waals surface area contributed by atoms with Crippen molar-refractivity contribution in [3.8, 4) is 0 Å². The minimum Gasteiger partial charge on any atom is -0.353 e. The molecule has 1 aliphatic heterocycles. The number of nitrogens with one attached hydrogen (secondary N) is 4. The summed E-state index contributed by atoms with van der Waals surface area (Å²) in [7, 11) is 0. The van der Waals surface area contributed by atoms with Gasteiger partial charge in [0, 0.05) is 45.0 Å². The summed E-state index contributed by atoms with van der Waals surface area (Å²) in [6.07, 6.45) is 0. The van der Waals surface area contributed by atoms with Crippen LogP contribution in [0, 0.1) is 0 Å². The van der Waals surface area contributed by atoms with Gasteiger partial charge in [0.05, 0.1) is 0 Å². The Labute approximate surface area is 149 Å². The van der Waals surface area contributed by atoms with Gasteiger partial charge in [0.1, 0.15) is 6.04 Å². The summed E-state index contributed by atoms with van der Waals surface area (Å²) in [4.78, 5) is 26.1. The second kappa shape index (κ2) is 10.9. The van der Waals surface area contributed by atoms with E-state index in [9.17, 15) is 9.59 Å². The van der Waals surface area contributed by atoms with Crippen molar-refractivity contribution in [2.24, 2.45) is 0 Å². The summed E-state index contributed by atoms with van der Waals surface area (Å²) < 4.78 is 0. The fourth-order valence-corrected chi connectivity index (χ4v) is 2.38. The van der Waals surface area contributed by atoms with Crippen LogP contribution in [0.1, 0.15) is 6.92 Å². The number of halogens is 1. The van der Waals surface area contributed by atoms with Gasteiger partial charge in [-0.25, -0.2) is 4.79 Å². The number of urea groups is 1. The average Bonchev–Trinajstić information content (AvgIpc) is 2.56. The van der Waals surface area contributed by atoms with E-state index in [0.717, 1.165) is 32.7 Å². The lowest BCUT2D eigenvalue weighted by Crippen LogP contribution is -2.49. The van der Waals surface area contributed by atoms with Gasteiger partial charge in [-0.2, -0.15) is 0 Å². The van der Waals surface area contributed by atoms with E-state index in [1.165, 1.54) is 0 Å². The highest BCUT2D eigenvalue weighted by Crippen LogP contribution is 2.04. The first-order valence-corrected chi connectivity index (χ1v) is 7.98. The molecule has 1 saturated heterocycles. The number of rotatable bonds is 6. The third-order valence-electron chi connectivity index (χ3n) is 3.71. The van der Waals surface area contributed by atoms with E-state index in [1.807, 2.05) is 18.2 Å². The first kappa shape index (κ1) is 20.2. The molecule has 24 heavy (non-hydrogen) atoms. The van der Waals surface area contributed by atoms with E-state index in [2.05, 4.69) is 26.2 Å². The van der Waals surface area contributed by atoms with E-state index in [4.69, 9.17) is 0 Å². The van der Waals surface area contributed by atoms with Crippen molar-refractivity contribution < 1.29 is 9.59 Å². The molecule has 1 aromatic carbocycles. The van der Waals surface area contributed by atoms with Crippen molar-refractivity contribution in [1.82, 2.24) is 20.9 Å². The quantitative estimate of drug-likeness (QED) is 0.603. The molecule has 1 fully saturated rings. The fraction of sp³-hybridized carbons (Fsp3) is 0.500. The number of para-hydroxylation sites is 1. The van der Waals surface area contributed by atoms with E-state index in [1.54, 1.807) is 19.1 Å². The van der Waals surface area contributed by atoms with Gasteiger partial charge < -0.3 is 21.3 Å². The van der Waals surface area contributed by atoms with Crippen LogP contribution in [0.25, 0.3) is 0 Å². The minimum absolute atomic E-state index is 0. The molecule has 0 radical (unpaired) electrons. The van der Waals surface area contributed by atoms with Crippen LogP contribution in [-0.2, 0) is 4.79 Å². The fourth-order valence-electron chi connectivity index (χ4n) is 2.38. The average molecular weight is 356 g/mol. The number of carbonyl (C=O) groups is 2. The Kier molecular flexibility index (Phi) is 9.14. The first-order valence-electron chi connectivity index (χ1n) is 7.98. The molecular formula is C16H26ClN5O2. The Hall–Kier alpha value is -1.83. The number of hydrogen-bond donors (Lipinski definition) is 4. The molecule has 1 aliphatic rings. The third-order valence-corrected chi connectivity index (χ3v) is 3.71. The lowest BCUT2D eigenvalue weighted by atomic mass is 10.3. The molecule has 1 unspecified atom stereocenters. The van der Waals surface area contributed by atoms with Crippen LogP contribution in [-0.4, -0.2) is 62.1 Å². The maximum Gasteiger partial charge on any atom is 0.319 e. The highest BCUT2D eigenvalue weighted by atomic mass is 35.5. The third kappa shape index (κ3) is 7.16. The molecule has 3 amide bonds.